The Bertz CT molecular complexity index is 909. The Morgan fingerprint density at radius 1 is 1.21 bits per heavy atom. The van der Waals surface area contributed by atoms with Crippen molar-refractivity contribution in [3.05, 3.63) is 40.8 Å². The first-order valence-electron chi connectivity index (χ1n) is 7.27. The zero-order valence-corrected chi connectivity index (χ0v) is 15.0. The van der Waals surface area contributed by atoms with Crippen LogP contribution in [-0.2, 0) is 16.4 Å². The summed E-state index contributed by atoms with van der Waals surface area (Å²) in [6.07, 6.45) is 2.11. The minimum absolute atomic E-state index is 0. The lowest BCUT2D eigenvalue weighted by molar-refractivity contribution is 0.376. The van der Waals surface area contributed by atoms with Crippen molar-refractivity contribution in [2.45, 2.75) is 22.8 Å². The number of nitrogens with one attached hydrogen (secondary N) is 1. The molecule has 1 aliphatic rings. The number of fused-ring (bicyclic) bond motifs is 2. The van der Waals surface area contributed by atoms with E-state index in [4.69, 9.17) is 0 Å². The first-order chi connectivity index (χ1) is 10.9. The second kappa shape index (κ2) is 6.92. The molecular formula is C15H19ClN4O3S. The summed E-state index contributed by atoms with van der Waals surface area (Å²) in [5, 5.41) is 7.06. The van der Waals surface area contributed by atoms with Gasteiger partial charge in [-0.1, -0.05) is 12.1 Å². The van der Waals surface area contributed by atoms with Gasteiger partial charge in [-0.2, -0.15) is 5.10 Å². The van der Waals surface area contributed by atoms with Gasteiger partial charge in [0.05, 0.1) is 22.5 Å². The Balaban J connectivity index is 0.00000208. The highest BCUT2D eigenvalue weighted by Gasteiger charge is 2.33. The SMILES string of the molecule is CN(C)CCCn1ncc2c(c1=O)S(=O)(=O)c1ccccc1N2.Cl. The third-order valence-electron chi connectivity index (χ3n) is 3.69. The average molecular weight is 371 g/mol. The largest absolute Gasteiger partial charge is 0.352 e. The molecule has 1 aliphatic heterocycles. The van der Waals surface area contributed by atoms with Crippen LogP contribution in [0.3, 0.4) is 0 Å². The number of aryl methyl sites for hydroxylation is 1. The van der Waals surface area contributed by atoms with E-state index in [1.807, 2.05) is 19.0 Å². The van der Waals surface area contributed by atoms with Crippen LogP contribution < -0.4 is 10.9 Å². The van der Waals surface area contributed by atoms with Crippen LogP contribution in [-0.4, -0.2) is 43.7 Å². The molecule has 0 radical (unpaired) electrons. The quantitative estimate of drug-likeness (QED) is 0.749. The number of halogens is 1. The fraction of sp³-hybridized carbons (Fsp3) is 0.333. The Kier molecular flexibility index (Phi) is 5.32. The Morgan fingerprint density at radius 3 is 2.62 bits per heavy atom. The summed E-state index contributed by atoms with van der Waals surface area (Å²) in [4.78, 5) is 14.5. The minimum atomic E-state index is -3.84. The van der Waals surface area contributed by atoms with E-state index in [1.54, 1.807) is 18.2 Å². The number of sulfone groups is 1. The standard InChI is InChI=1S/C15H18N4O3S.ClH/c1-18(2)8-5-9-19-15(20)14-12(10-16-19)17-11-6-3-4-7-13(11)23(14,21)22;/h3-4,6-7,10,17H,5,8-9H2,1-2H3;1H. The number of aromatic nitrogens is 2. The Morgan fingerprint density at radius 2 is 1.92 bits per heavy atom. The van der Waals surface area contributed by atoms with Crippen LogP contribution in [0.2, 0.25) is 0 Å². The van der Waals surface area contributed by atoms with Crippen molar-refractivity contribution in [3.8, 4) is 0 Å². The topological polar surface area (TPSA) is 84.3 Å². The molecule has 1 aromatic carbocycles. The number of para-hydroxylation sites is 1. The van der Waals surface area contributed by atoms with E-state index in [0.29, 0.717) is 18.7 Å². The second-order valence-electron chi connectivity index (χ2n) is 5.70. The van der Waals surface area contributed by atoms with E-state index >= 15 is 0 Å². The van der Waals surface area contributed by atoms with Gasteiger partial charge in [-0.3, -0.25) is 4.79 Å². The van der Waals surface area contributed by atoms with Crippen molar-refractivity contribution < 1.29 is 8.42 Å². The minimum Gasteiger partial charge on any atom is -0.352 e. The van der Waals surface area contributed by atoms with Gasteiger partial charge in [0.1, 0.15) is 0 Å². The molecule has 9 heteroatoms. The third kappa shape index (κ3) is 3.17. The van der Waals surface area contributed by atoms with E-state index in [0.717, 1.165) is 6.54 Å². The van der Waals surface area contributed by atoms with E-state index in [-0.39, 0.29) is 27.9 Å². The molecule has 2 heterocycles. The predicted molar refractivity (Wildman–Crippen MR) is 94.1 cm³/mol. The lowest BCUT2D eigenvalue weighted by atomic mass is 10.3. The summed E-state index contributed by atoms with van der Waals surface area (Å²) in [7, 11) is 0.0356. The normalized spacial score (nSPS) is 14.3. The summed E-state index contributed by atoms with van der Waals surface area (Å²) in [5.41, 5.74) is 0.118. The number of anilines is 2. The zero-order valence-electron chi connectivity index (χ0n) is 13.4. The number of rotatable bonds is 4. The molecule has 0 saturated carbocycles. The van der Waals surface area contributed by atoms with Crippen molar-refractivity contribution in [1.29, 1.82) is 0 Å². The van der Waals surface area contributed by atoms with E-state index in [1.165, 1.54) is 16.9 Å². The predicted octanol–water partition coefficient (Wildman–Crippen LogP) is 1.51. The van der Waals surface area contributed by atoms with Gasteiger partial charge in [-0.25, -0.2) is 13.1 Å². The molecular weight excluding hydrogens is 352 g/mol. The molecule has 24 heavy (non-hydrogen) atoms. The molecule has 0 spiro atoms. The first-order valence-corrected chi connectivity index (χ1v) is 8.75. The summed E-state index contributed by atoms with van der Waals surface area (Å²) < 4.78 is 26.7. The maximum absolute atomic E-state index is 12.8. The van der Waals surface area contributed by atoms with Gasteiger partial charge in [0.25, 0.3) is 5.56 Å². The first kappa shape index (κ1) is 18.4. The summed E-state index contributed by atoms with van der Waals surface area (Å²) >= 11 is 0. The van der Waals surface area contributed by atoms with Crippen LogP contribution in [0.4, 0.5) is 11.4 Å². The molecule has 130 valence electrons. The van der Waals surface area contributed by atoms with Crippen LogP contribution in [0.15, 0.2) is 45.0 Å². The number of hydrogen-bond donors (Lipinski definition) is 1. The molecule has 1 aromatic heterocycles. The molecule has 0 bridgehead atoms. The number of benzene rings is 1. The van der Waals surface area contributed by atoms with Crippen molar-refractivity contribution in [1.82, 2.24) is 14.7 Å². The lowest BCUT2D eigenvalue weighted by Crippen LogP contribution is -2.32. The van der Waals surface area contributed by atoms with Gasteiger partial charge in [0, 0.05) is 6.54 Å². The van der Waals surface area contributed by atoms with Crippen LogP contribution in [0.1, 0.15) is 6.42 Å². The molecule has 0 aliphatic carbocycles. The van der Waals surface area contributed by atoms with E-state index in [9.17, 15) is 13.2 Å². The summed E-state index contributed by atoms with van der Waals surface area (Å²) in [6, 6.07) is 6.54. The van der Waals surface area contributed by atoms with E-state index in [2.05, 4.69) is 10.4 Å². The fourth-order valence-electron chi connectivity index (χ4n) is 2.57. The lowest BCUT2D eigenvalue weighted by Gasteiger charge is -2.21. The average Bonchev–Trinajstić information content (AvgIpc) is 2.49. The molecule has 0 atom stereocenters. The van der Waals surface area contributed by atoms with Gasteiger partial charge in [0.2, 0.25) is 9.84 Å². The van der Waals surface area contributed by atoms with Crippen molar-refractivity contribution in [2.75, 3.05) is 26.0 Å². The molecule has 0 unspecified atom stereocenters. The van der Waals surface area contributed by atoms with Gasteiger partial charge in [0.15, 0.2) is 4.90 Å². The molecule has 0 fully saturated rings. The molecule has 3 rings (SSSR count). The molecule has 2 aromatic rings. The number of nitrogens with zero attached hydrogens (tertiary/aromatic N) is 3. The molecule has 7 nitrogen and oxygen atoms in total. The maximum Gasteiger partial charge on any atom is 0.288 e. The summed E-state index contributed by atoms with van der Waals surface area (Å²) in [5.74, 6) is 0. The maximum atomic E-state index is 12.8. The Labute approximate surface area is 146 Å². The monoisotopic (exact) mass is 370 g/mol. The molecule has 1 N–H and O–H groups in total. The summed E-state index contributed by atoms with van der Waals surface area (Å²) in [6.45, 7) is 1.17. The van der Waals surface area contributed by atoms with E-state index < -0.39 is 15.4 Å². The zero-order chi connectivity index (χ0) is 16.6. The van der Waals surface area contributed by atoms with Crippen LogP contribution in [0.5, 0.6) is 0 Å². The van der Waals surface area contributed by atoms with Gasteiger partial charge in [-0.05, 0) is 39.2 Å². The van der Waals surface area contributed by atoms with Crippen molar-refractivity contribution in [2.24, 2.45) is 0 Å². The van der Waals surface area contributed by atoms with Gasteiger partial charge < -0.3 is 10.2 Å². The van der Waals surface area contributed by atoms with Crippen LogP contribution in [0.25, 0.3) is 0 Å². The molecule has 0 saturated heterocycles. The second-order valence-corrected chi connectivity index (χ2v) is 7.55. The highest BCUT2D eigenvalue weighted by atomic mass is 35.5. The fourth-order valence-corrected chi connectivity index (χ4v) is 4.19. The van der Waals surface area contributed by atoms with Crippen molar-refractivity contribution >= 4 is 33.6 Å². The molecule has 0 amide bonds. The smallest absolute Gasteiger partial charge is 0.288 e. The Hall–Kier alpha value is -1.90. The number of hydrogen-bond acceptors (Lipinski definition) is 6. The van der Waals surface area contributed by atoms with Gasteiger partial charge >= 0.3 is 0 Å². The van der Waals surface area contributed by atoms with Gasteiger partial charge in [-0.15, -0.1) is 12.4 Å². The van der Waals surface area contributed by atoms with Crippen molar-refractivity contribution in [3.63, 3.8) is 0 Å². The van der Waals surface area contributed by atoms with Crippen LogP contribution in [0, 0.1) is 0 Å². The highest BCUT2D eigenvalue weighted by Crippen LogP contribution is 2.36. The highest BCUT2D eigenvalue weighted by molar-refractivity contribution is 7.92. The third-order valence-corrected chi connectivity index (χ3v) is 5.56. The van der Waals surface area contributed by atoms with Crippen LogP contribution >= 0.6 is 12.4 Å².